The van der Waals surface area contributed by atoms with Gasteiger partial charge in [-0.25, -0.2) is 9.50 Å². The first kappa shape index (κ1) is 24.4. The summed E-state index contributed by atoms with van der Waals surface area (Å²) in [5.41, 5.74) is 2.46. The van der Waals surface area contributed by atoms with E-state index in [9.17, 15) is 18.0 Å². The van der Waals surface area contributed by atoms with Crippen molar-refractivity contribution in [3.8, 4) is 22.5 Å². The van der Waals surface area contributed by atoms with Gasteiger partial charge in [-0.05, 0) is 47.7 Å². The number of nitrogens with zero attached hydrogens (tertiary/aromatic N) is 4. The summed E-state index contributed by atoms with van der Waals surface area (Å²) in [5, 5.41) is 7.37. The minimum Gasteiger partial charge on any atom is -0.326 e. The lowest BCUT2D eigenvalue weighted by atomic mass is 9.92. The smallest absolute Gasteiger partial charge is 0.326 e. The van der Waals surface area contributed by atoms with Crippen molar-refractivity contribution in [3.63, 3.8) is 0 Å². The zero-order valence-electron chi connectivity index (χ0n) is 19.9. The van der Waals surface area contributed by atoms with E-state index in [0.29, 0.717) is 17.8 Å². The minimum atomic E-state index is -4.60. The fraction of sp³-hybridized carbons (Fsp3) is 0.308. The summed E-state index contributed by atoms with van der Waals surface area (Å²) in [6.07, 6.45) is -0.700. The zero-order valence-corrected chi connectivity index (χ0v) is 19.9. The Bertz CT molecular complexity index is 1390. The second-order valence-electron chi connectivity index (χ2n) is 9.56. The second kappa shape index (κ2) is 9.13. The molecule has 0 spiro atoms. The number of imidazole rings is 1. The highest BCUT2D eigenvalue weighted by molar-refractivity contribution is 5.92. The average Bonchev–Trinajstić information content (AvgIpc) is 3.20. The molecule has 0 saturated heterocycles. The summed E-state index contributed by atoms with van der Waals surface area (Å²) in [6, 6.07) is 11.6. The van der Waals surface area contributed by atoms with Gasteiger partial charge in [0.15, 0.2) is 11.3 Å². The van der Waals surface area contributed by atoms with Crippen LogP contribution in [0.25, 0.3) is 28.2 Å². The van der Waals surface area contributed by atoms with Gasteiger partial charge in [-0.15, -0.1) is 0 Å². The van der Waals surface area contributed by atoms with E-state index in [0.717, 1.165) is 29.4 Å². The van der Waals surface area contributed by atoms with Gasteiger partial charge in [0.2, 0.25) is 5.91 Å². The highest BCUT2D eigenvalue weighted by Gasteiger charge is 2.35. The molecule has 0 fully saturated rings. The average molecular weight is 482 g/mol. The van der Waals surface area contributed by atoms with Crippen LogP contribution < -0.4 is 5.32 Å². The molecule has 4 rings (SSSR count). The maximum absolute atomic E-state index is 13.4. The van der Waals surface area contributed by atoms with Crippen LogP contribution >= 0.6 is 0 Å². The molecule has 1 N–H and O–H groups in total. The Hall–Kier alpha value is -3.75. The van der Waals surface area contributed by atoms with Gasteiger partial charge in [-0.3, -0.25) is 9.78 Å². The number of hydrogen-bond donors (Lipinski definition) is 1. The summed E-state index contributed by atoms with van der Waals surface area (Å²) in [4.78, 5) is 20.6. The molecule has 1 amide bonds. The van der Waals surface area contributed by atoms with Crippen LogP contribution in [0.2, 0.25) is 0 Å². The zero-order chi connectivity index (χ0) is 25.4. The summed E-state index contributed by atoms with van der Waals surface area (Å²) < 4.78 is 41.7. The number of benzene rings is 1. The molecule has 4 aromatic rings. The third-order valence-electron chi connectivity index (χ3n) is 5.42. The van der Waals surface area contributed by atoms with Crippen LogP contribution in [-0.4, -0.2) is 25.5 Å². The molecule has 1 aromatic carbocycles. The SMILES string of the molecule is CCc1ccc(-c2cn3nc(-c4cccnc4C(F)(F)F)ccc3n2)cc1NC(=O)CC(C)(C)C. The third kappa shape index (κ3) is 5.50. The topological polar surface area (TPSA) is 72.2 Å². The number of aromatic nitrogens is 4. The molecule has 0 unspecified atom stereocenters. The molecule has 3 aromatic heterocycles. The lowest BCUT2D eigenvalue weighted by Gasteiger charge is -2.18. The Balaban J connectivity index is 1.70. The molecule has 0 aliphatic carbocycles. The fourth-order valence-electron chi connectivity index (χ4n) is 3.84. The number of alkyl halides is 3. The number of carbonyl (C=O) groups is 1. The van der Waals surface area contributed by atoms with Gasteiger partial charge in [-0.2, -0.15) is 18.3 Å². The van der Waals surface area contributed by atoms with E-state index in [-0.39, 0.29) is 22.6 Å². The molecule has 6 nitrogen and oxygen atoms in total. The summed E-state index contributed by atoms with van der Waals surface area (Å²) in [5.74, 6) is -0.0670. The van der Waals surface area contributed by atoms with Crippen molar-refractivity contribution in [2.45, 2.75) is 46.7 Å². The van der Waals surface area contributed by atoms with Crippen molar-refractivity contribution >= 4 is 17.2 Å². The van der Waals surface area contributed by atoms with Crippen molar-refractivity contribution in [3.05, 3.63) is 66.1 Å². The van der Waals surface area contributed by atoms with Crippen LogP contribution in [0.4, 0.5) is 18.9 Å². The first-order chi connectivity index (χ1) is 16.4. The Kier molecular flexibility index (Phi) is 6.36. The molecule has 0 radical (unpaired) electrons. The number of carbonyl (C=O) groups excluding carboxylic acids is 1. The number of nitrogens with one attached hydrogen (secondary N) is 1. The van der Waals surface area contributed by atoms with Crippen LogP contribution in [0.3, 0.4) is 0 Å². The number of hydrogen-bond acceptors (Lipinski definition) is 4. The van der Waals surface area contributed by atoms with Crippen LogP contribution in [0.1, 0.15) is 45.4 Å². The summed E-state index contributed by atoms with van der Waals surface area (Å²) >= 11 is 0. The van der Waals surface area contributed by atoms with Crippen molar-refractivity contribution in [1.29, 1.82) is 0 Å². The number of fused-ring (bicyclic) bond motifs is 1. The van der Waals surface area contributed by atoms with E-state index in [4.69, 9.17) is 0 Å². The predicted octanol–water partition coefficient (Wildman–Crippen LogP) is 6.41. The lowest BCUT2D eigenvalue weighted by Crippen LogP contribution is -2.20. The number of rotatable bonds is 5. The Labute approximate surface area is 201 Å². The van der Waals surface area contributed by atoms with E-state index in [1.807, 2.05) is 45.9 Å². The largest absolute Gasteiger partial charge is 0.434 e. The van der Waals surface area contributed by atoms with Crippen molar-refractivity contribution in [2.75, 3.05) is 5.32 Å². The van der Waals surface area contributed by atoms with E-state index in [2.05, 4.69) is 20.4 Å². The molecule has 0 aliphatic heterocycles. The molecule has 182 valence electrons. The van der Waals surface area contributed by atoms with Gasteiger partial charge in [0, 0.05) is 29.4 Å². The molecular weight excluding hydrogens is 455 g/mol. The highest BCUT2D eigenvalue weighted by atomic mass is 19.4. The fourth-order valence-corrected chi connectivity index (χ4v) is 3.84. The Morgan fingerprint density at radius 1 is 1.06 bits per heavy atom. The molecule has 9 heteroatoms. The quantitative estimate of drug-likeness (QED) is 0.357. The monoisotopic (exact) mass is 481 g/mol. The maximum atomic E-state index is 13.4. The maximum Gasteiger partial charge on any atom is 0.434 e. The van der Waals surface area contributed by atoms with Crippen molar-refractivity contribution < 1.29 is 18.0 Å². The lowest BCUT2D eigenvalue weighted by molar-refractivity contribution is -0.140. The molecule has 0 bridgehead atoms. The van der Waals surface area contributed by atoms with Gasteiger partial charge >= 0.3 is 6.18 Å². The van der Waals surface area contributed by atoms with Gasteiger partial charge in [0.25, 0.3) is 0 Å². The molecular formula is C26H26F3N5O. The Morgan fingerprint density at radius 2 is 1.83 bits per heavy atom. The van der Waals surface area contributed by atoms with Gasteiger partial charge in [0.1, 0.15) is 0 Å². The number of aryl methyl sites for hydroxylation is 1. The van der Waals surface area contributed by atoms with Crippen LogP contribution in [0.5, 0.6) is 0 Å². The van der Waals surface area contributed by atoms with Crippen LogP contribution in [0.15, 0.2) is 54.9 Å². The van der Waals surface area contributed by atoms with E-state index < -0.39 is 11.9 Å². The minimum absolute atomic E-state index is 0.0670. The highest BCUT2D eigenvalue weighted by Crippen LogP contribution is 2.35. The number of amides is 1. The molecule has 0 aliphatic rings. The van der Waals surface area contributed by atoms with Crippen LogP contribution in [0, 0.1) is 5.41 Å². The van der Waals surface area contributed by atoms with E-state index in [1.54, 1.807) is 12.3 Å². The summed E-state index contributed by atoms with van der Waals surface area (Å²) in [6.45, 7) is 8.03. The van der Waals surface area contributed by atoms with E-state index >= 15 is 0 Å². The predicted molar refractivity (Wildman–Crippen MR) is 129 cm³/mol. The molecule has 3 heterocycles. The third-order valence-corrected chi connectivity index (χ3v) is 5.42. The molecule has 0 atom stereocenters. The Morgan fingerprint density at radius 3 is 2.51 bits per heavy atom. The second-order valence-corrected chi connectivity index (χ2v) is 9.56. The normalized spacial score (nSPS) is 12.2. The molecule has 0 saturated carbocycles. The van der Waals surface area contributed by atoms with Gasteiger partial charge < -0.3 is 5.32 Å². The summed E-state index contributed by atoms with van der Waals surface area (Å²) in [7, 11) is 0. The van der Waals surface area contributed by atoms with Gasteiger partial charge in [-0.1, -0.05) is 39.8 Å². The van der Waals surface area contributed by atoms with Gasteiger partial charge in [0.05, 0.1) is 17.6 Å². The van der Waals surface area contributed by atoms with E-state index in [1.165, 1.54) is 22.7 Å². The van der Waals surface area contributed by atoms with Crippen LogP contribution in [-0.2, 0) is 17.4 Å². The first-order valence-corrected chi connectivity index (χ1v) is 11.3. The van der Waals surface area contributed by atoms with Crippen molar-refractivity contribution in [2.24, 2.45) is 5.41 Å². The number of pyridine rings is 1. The number of anilines is 1. The molecule has 35 heavy (non-hydrogen) atoms. The first-order valence-electron chi connectivity index (χ1n) is 11.3. The van der Waals surface area contributed by atoms with Crippen molar-refractivity contribution in [1.82, 2.24) is 19.6 Å². The number of halogens is 3. The standard InChI is InChI=1S/C26H26F3N5O/c1-5-16-8-9-17(13-20(16)32-23(35)14-25(2,3)4)21-15-34-22(31-21)11-10-19(33-34)18-7-6-12-30-24(18)26(27,28)29/h6-13,15H,5,14H2,1-4H3,(H,32,35).